The quantitative estimate of drug-likeness (QED) is 0.847. The Bertz CT molecular complexity index is 697. The van der Waals surface area contributed by atoms with Gasteiger partial charge in [-0.05, 0) is 58.7 Å². The van der Waals surface area contributed by atoms with Crippen molar-refractivity contribution >= 4 is 23.6 Å². The number of nitrogens with zero attached hydrogens (tertiary/aromatic N) is 1. The Morgan fingerprint density at radius 2 is 2.00 bits per heavy atom. The van der Waals surface area contributed by atoms with Gasteiger partial charge in [-0.3, -0.25) is 9.59 Å². The summed E-state index contributed by atoms with van der Waals surface area (Å²) in [5, 5.41) is 5.59. The highest BCUT2D eigenvalue weighted by Crippen LogP contribution is 2.21. The average Bonchev–Trinajstić information content (AvgIpc) is 2.61. The Hall–Kier alpha value is -2.57. The number of anilines is 1. The molecule has 7 heteroatoms. The van der Waals surface area contributed by atoms with Crippen LogP contribution in [0.15, 0.2) is 24.3 Å². The van der Waals surface area contributed by atoms with Crippen molar-refractivity contribution in [1.29, 1.82) is 0 Å². The zero-order valence-corrected chi connectivity index (χ0v) is 16.5. The summed E-state index contributed by atoms with van der Waals surface area (Å²) >= 11 is 0. The van der Waals surface area contributed by atoms with Gasteiger partial charge in [0.1, 0.15) is 5.60 Å². The fourth-order valence-electron chi connectivity index (χ4n) is 2.93. The summed E-state index contributed by atoms with van der Waals surface area (Å²) in [6.07, 6.45) is 1.07. The monoisotopic (exact) mass is 375 g/mol. The van der Waals surface area contributed by atoms with Crippen molar-refractivity contribution in [2.24, 2.45) is 5.92 Å². The molecule has 1 aliphatic rings. The molecule has 1 fully saturated rings. The number of carbonyl (C=O) groups excluding carboxylic acids is 3. The highest BCUT2D eigenvalue weighted by Gasteiger charge is 2.31. The fourth-order valence-corrected chi connectivity index (χ4v) is 2.93. The lowest BCUT2D eigenvalue weighted by Crippen LogP contribution is -2.45. The Labute approximate surface area is 160 Å². The van der Waals surface area contributed by atoms with Crippen LogP contribution < -0.4 is 10.6 Å². The lowest BCUT2D eigenvalue weighted by molar-refractivity contribution is -0.121. The number of amides is 3. The van der Waals surface area contributed by atoms with Crippen LogP contribution in [0.5, 0.6) is 0 Å². The first-order valence-electron chi connectivity index (χ1n) is 9.36. The second kappa shape index (κ2) is 8.88. The molecule has 2 N–H and O–H groups in total. The molecular weight excluding hydrogens is 346 g/mol. The van der Waals surface area contributed by atoms with Crippen molar-refractivity contribution in [2.75, 3.05) is 25.0 Å². The van der Waals surface area contributed by atoms with Crippen molar-refractivity contribution < 1.29 is 19.1 Å². The molecule has 0 radical (unpaired) electrons. The van der Waals surface area contributed by atoms with Crippen LogP contribution in [-0.2, 0) is 9.53 Å². The van der Waals surface area contributed by atoms with Gasteiger partial charge in [0.15, 0.2) is 0 Å². The maximum atomic E-state index is 12.6. The summed E-state index contributed by atoms with van der Waals surface area (Å²) in [6.45, 7) is 8.77. The van der Waals surface area contributed by atoms with E-state index >= 15 is 0 Å². The van der Waals surface area contributed by atoms with Gasteiger partial charge in [-0.2, -0.15) is 0 Å². The minimum Gasteiger partial charge on any atom is -0.444 e. The number of rotatable bonds is 4. The highest BCUT2D eigenvalue weighted by molar-refractivity contribution is 5.97. The molecule has 1 aliphatic heterocycles. The topological polar surface area (TPSA) is 87.7 Å². The van der Waals surface area contributed by atoms with E-state index in [4.69, 9.17) is 4.74 Å². The lowest BCUT2D eigenvalue weighted by Gasteiger charge is -2.33. The summed E-state index contributed by atoms with van der Waals surface area (Å²) in [5.41, 5.74) is 0.498. The second-order valence-corrected chi connectivity index (χ2v) is 7.70. The third-order valence-corrected chi connectivity index (χ3v) is 4.17. The first-order valence-corrected chi connectivity index (χ1v) is 9.36. The van der Waals surface area contributed by atoms with Crippen molar-refractivity contribution in [3.8, 4) is 0 Å². The Morgan fingerprint density at radius 3 is 2.67 bits per heavy atom. The normalized spacial score (nSPS) is 17.2. The van der Waals surface area contributed by atoms with Crippen LogP contribution in [0, 0.1) is 5.92 Å². The number of ether oxygens (including phenoxy) is 1. The van der Waals surface area contributed by atoms with Gasteiger partial charge in [-0.1, -0.05) is 6.07 Å². The Kier molecular flexibility index (Phi) is 6.82. The minimum atomic E-state index is -0.564. The van der Waals surface area contributed by atoms with E-state index in [9.17, 15) is 14.4 Å². The van der Waals surface area contributed by atoms with Crippen molar-refractivity contribution in [3.05, 3.63) is 29.8 Å². The molecule has 1 saturated heterocycles. The second-order valence-electron chi connectivity index (χ2n) is 7.70. The number of hydrogen-bond acceptors (Lipinski definition) is 4. The first-order chi connectivity index (χ1) is 12.7. The maximum Gasteiger partial charge on any atom is 0.410 e. The van der Waals surface area contributed by atoms with Gasteiger partial charge in [0, 0.05) is 30.9 Å². The number of likely N-dealkylation sites (tertiary alicyclic amines) is 1. The molecule has 1 unspecified atom stereocenters. The van der Waals surface area contributed by atoms with E-state index in [-0.39, 0.29) is 17.7 Å². The molecule has 1 aromatic rings. The van der Waals surface area contributed by atoms with Gasteiger partial charge in [0.2, 0.25) is 5.91 Å². The van der Waals surface area contributed by atoms with Crippen molar-refractivity contribution in [2.45, 2.75) is 46.1 Å². The molecular formula is C20H29N3O4. The molecule has 1 heterocycles. The third-order valence-electron chi connectivity index (χ3n) is 4.17. The molecule has 3 amide bonds. The zero-order chi connectivity index (χ0) is 20.0. The van der Waals surface area contributed by atoms with Crippen LogP contribution in [0.1, 0.15) is 50.9 Å². The number of hydrogen-bond donors (Lipinski definition) is 2. The standard InChI is InChI=1S/C20H29N3O4/c1-5-21-17(24)14-8-6-10-16(12-14)22-18(25)15-9-7-11-23(13-15)19(26)27-20(2,3)4/h6,8,10,12,15H,5,7,9,11,13H2,1-4H3,(H,21,24)(H,22,25). The Balaban J connectivity index is 1.98. The van der Waals surface area contributed by atoms with Crippen molar-refractivity contribution in [1.82, 2.24) is 10.2 Å². The maximum absolute atomic E-state index is 12.6. The zero-order valence-electron chi connectivity index (χ0n) is 16.5. The fraction of sp³-hybridized carbons (Fsp3) is 0.550. The molecule has 1 atom stereocenters. The summed E-state index contributed by atoms with van der Waals surface area (Å²) in [5.74, 6) is -0.641. The first kappa shape index (κ1) is 20.7. The molecule has 1 aromatic carbocycles. The van der Waals surface area contributed by atoms with Crippen molar-refractivity contribution in [3.63, 3.8) is 0 Å². The van der Waals surface area contributed by atoms with E-state index in [1.165, 1.54) is 0 Å². The van der Waals surface area contributed by atoms with E-state index < -0.39 is 11.7 Å². The van der Waals surface area contributed by atoms with Gasteiger partial charge >= 0.3 is 6.09 Å². The smallest absolute Gasteiger partial charge is 0.410 e. The van der Waals surface area contributed by atoms with E-state index in [0.717, 1.165) is 6.42 Å². The van der Waals surface area contributed by atoms with Gasteiger partial charge in [0.05, 0.1) is 5.92 Å². The molecule has 27 heavy (non-hydrogen) atoms. The van der Waals surface area contributed by atoms with Gasteiger partial charge in [-0.25, -0.2) is 4.79 Å². The minimum absolute atomic E-state index is 0.156. The lowest BCUT2D eigenvalue weighted by atomic mass is 9.97. The van der Waals surface area contributed by atoms with Crippen LogP contribution in [0.25, 0.3) is 0 Å². The molecule has 0 saturated carbocycles. The van der Waals surface area contributed by atoms with E-state index in [0.29, 0.717) is 37.3 Å². The van der Waals surface area contributed by atoms with Crippen LogP contribution >= 0.6 is 0 Å². The van der Waals surface area contributed by atoms with E-state index in [1.807, 2.05) is 27.7 Å². The SMILES string of the molecule is CCNC(=O)c1cccc(NC(=O)C2CCCN(C(=O)OC(C)(C)C)C2)c1. The largest absolute Gasteiger partial charge is 0.444 e. The predicted octanol–water partition coefficient (Wildman–Crippen LogP) is 3.02. The predicted molar refractivity (Wildman–Crippen MR) is 104 cm³/mol. The number of piperidine rings is 1. The third kappa shape index (κ3) is 6.27. The molecule has 2 rings (SSSR count). The van der Waals surface area contributed by atoms with Crippen LogP contribution in [0.2, 0.25) is 0 Å². The number of nitrogens with one attached hydrogen (secondary N) is 2. The molecule has 7 nitrogen and oxygen atoms in total. The summed E-state index contributed by atoms with van der Waals surface area (Å²) in [6, 6.07) is 6.83. The molecule has 0 aliphatic carbocycles. The Morgan fingerprint density at radius 1 is 1.26 bits per heavy atom. The summed E-state index contributed by atoms with van der Waals surface area (Å²) in [7, 11) is 0. The molecule has 0 aromatic heterocycles. The molecule has 0 spiro atoms. The number of benzene rings is 1. The molecule has 0 bridgehead atoms. The highest BCUT2D eigenvalue weighted by atomic mass is 16.6. The van der Waals surface area contributed by atoms with Gasteiger partial charge in [-0.15, -0.1) is 0 Å². The van der Waals surface area contributed by atoms with E-state index in [2.05, 4.69) is 10.6 Å². The van der Waals surface area contributed by atoms with Gasteiger partial charge < -0.3 is 20.3 Å². The van der Waals surface area contributed by atoms with Crippen LogP contribution in [0.4, 0.5) is 10.5 Å². The number of carbonyl (C=O) groups is 3. The van der Waals surface area contributed by atoms with E-state index in [1.54, 1.807) is 29.2 Å². The van der Waals surface area contributed by atoms with Gasteiger partial charge in [0.25, 0.3) is 5.91 Å². The average molecular weight is 375 g/mol. The summed E-state index contributed by atoms with van der Waals surface area (Å²) in [4.78, 5) is 38.4. The summed E-state index contributed by atoms with van der Waals surface area (Å²) < 4.78 is 5.40. The van der Waals surface area contributed by atoms with Crippen LogP contribution in [0.3, 0.4) is 0 Å². The van der Waals surface area contributed by atoms with Crippen LogP contribution in [-0.4, -0.2) is 48.0 Å². The molecule has 148 valence electrons.